The first kappa shape index (κ1) is 25.6. The van der Waals surface area contributed by atoms with Crippen molar-refractivity contribution in [2.24, 2.45) is 5.14 Å². The summed E-state index contributed by atoms with van der Waals surface area (Å²) in [6, 6.07) is 13.0. The Morgan fingerprint density at radius 3 is 2.41 bits per heavy atom. The standard InChI is InChI=1S/C23H19Cl2N5O5S2/c24-14-7-5-13(6-8-14)20-17(16-3-1-2-4-18(16)25)11-27-21-19(23(29-30(20)21)37(26,34)35)22(31)28-15-9-10-36(32,33)12-15/h1-8,11,15H,9-10,12H2,(H,28,31)(H2,26,34,35)/t15-/m0/s1. The minimum absolute atomic E-state index is 0.0745. The van der Waals surface area contributed by atoms with Gasteiger partial charge in [0.15, 0.2) is 15.5 Å². The molecule has 37 heavy (non-hydrogen) atoms. The molecule has 2 aromatic carbocycles. The van der Waals surface area contributed by atoms with E-state index in [4.69, 9.17) is 28.3 Å². The Balaban J connectivity index is 1.78. The minimum atomic E-state index is -4.49. The van der Waals surface area contributed by atoms with Crippen LogP contribution in [0.25, 0.3) is 28.0 Å². The Labute approximate surface area is 222 Å². The smallest absolute Gasteiger partial charge is 0.258 e. The van der Waals surface area contributed by atoms with Crippen molar-refractivity contribution in [1.82, 2.24) is 19.9 Å². The van der Waals surface area contributed by atoms with Crippen LogP contribution in [0.2, 0.25) is 10.0 Å². The summed E-state index contributed by atoms with van der Waals surface area (Å²) in [6.07, 6.45) is 1.67. The third-order valence-corrected chi connectivity index (χ3v) is 9.13. The highest BCUT2D eigenvalue weighted by Crippen LogP contribution is 2.37. The fraction of sp³-hybridized carbons (Fsp3) is 0.174. The lowest BCUT2D eigenvalue weighted by molar-refractivity contribution is 0.0939. The number of carbonyl (C=O) groups excluding carboxylic acids is 1. The van der Waals surface area contributed by atoms with Crippen molar-refractivity contribution in [2.45, 2.75) is 17.5 Å². The molecule has 4 aromatic rings. The normalized spacial score (nSPS) is 17.2. The number of nitrogens with one attached hydrogen (secondary N) is 1. The van der Waals surface area contributed by atoms with Crippen molar-refractivity contribution in [3.05, 3.63) is 70.3 Å². The van der Waals surface area contributed by atoms with E-state index in [1.807, 2.05) is 0 Å². The van der Waals surface area contributed by atoms with Crippen molar-refractivity contribution >= 4 is 54.6 Å². The number of rotatable bonds is 5. The molecule has 1 atom stereocenters. The molecular formula is C23H19Cl2N5O5S2. The van der Waals surface area contributed by atoms with Gasteiger partial charge >= 0.3 is 0 Å². The Bertz CT molecular complexity index is 1770. The van der Waals surface area contributed by atoms with E-state index in [2.05, 4.69) is 15.4 Å². The van der Waals surface area contributed by atoms with Crippen LogP contribution in [0.1, 0.15) is 16.8 Å². The van der Waals surface area contributed by atoms with Crippen LogP contribution < -0.4 is 10.5 Å². The summed E-state index contributed by atoms with van der Waals surface area (Å²) in [5.74, 6) is -1.17. The number of sulfonamides is 1. The van der Waals surface area contributed by atoms with Gasteiger partial charge in [0, 0.05) is 39.0 Å². The molecule has 0 bridgehead atoms. The number of hydrogen-bond donors (Lipinski definition) is 2. The van der Waals surface area contributed by atoms with Gasteiger partial charge in [-0.2, -0.15) is 5.10 Å². The van der Waals surface area contributed by atoms with Gasteiger partial charge in [0.1, 0.15) is 5.56 Å². The molecule has 1 fully saturated rings. The maximum atomic E-state index is 13.3. The highest BCUT2D eigenvalue weighted by Gasteiger charge is 2.34. The first-order valence-electron chi connectivity index (χ1n) is 10.9. The van der Waals surface area contributed by atoms with Crippen LogP contribution in [-0.4, -0.2) is 54.9 Å². The molecule has 5 rings (SSSR count). The number of amides is 1. The van der Waals surface area contributed by atoms with E-state index in [-0.39, 0.29) is 29.1 Å². The second-order valence-corrected chi connectivity index (χ2v) is 13.1. The molecule has 14 heteroatoms. The first-order chi connectivity index (χ1) is 17.4. The zero-order valence-electron chi connectivity index (χ0n) is 18.9. The van der Waals surface area contributed by atoms with Gasteiger partial charge in [0.05, 0.1) is 17.2 Å². The lowest BCUT2D eigenvalue weighted by Crippen LogP contribution is -2.36. The number of nitrogens with two attached hydrogens (primary N) is 1. The summed E-state index contributed by atoms with van der Waals surface area (Å²) in [4.78, 5) is 17.7. The Morgan fingerprint density at radius 2 is 1.78 bits per heavy atom. The maximum absolute atomic E-state index is 13.3. The molecule has 3 heterocycles. The highest BCUT2D eigenvalue weighted by molar-refractivity contribution is 7.91. The van der Waals surface area contributed by atoms with Gasteiger partial charge in [-0.1, -0.05) is 53.5 Å². The third-order valence-electron chi connectivity index (χ3n) is 5.96. The summed E-state index contributed by atoms with van der Waals surface area (Å²) in [7, 11) is -7.78. The van der Waals surface area contributed by atoms with Gasteiger partial charge in [0.2, 0.25) is 5.03 Å². The molecule has 0 spiro atoms. The highest BCUT2D eigenvalue weighted by atomic mass is 35.5. The topological polar surface area (TPSA) is 154 Å². The van der Waals surface area contributed by atoms with Crippen LogP contribution in [-0.2, 0) is 19.9 Å². The maximum Gasteiger partial charge on any atom is 0.258 e. The van der Waals surface area contributed by atoms with E-state index in [9.17, 15) is 21.6 Å². The molecule has 1 aliphatic heterocycles. The predicted molar refractivity (Wildman–Crippen MR) is 140 cm³/mol. The van der Waals surface area contributed by atoms with Crippen LogP contribution in [0.15, 0.2) is 59.8 Å². The minimum Gasteiger partial charge on any atom is -0.348 e. The lowest BCUT2D eigenvalue weighted by Gasteiger charge is -2.14. The Hall–Kier alpha value is -3.03. The van der Waals surface area contributed by atoms with Crippen molar-refractivity contribution in [3.63, 3.8) is 0 Å². The molecule has 0 unspecified atom stereocenters. The zero-order chi connectivity index (χ0) is 26.5. The predicted octanol–water partition coefficient (Wildman–Crippen LogP) is 2.93. The fourth-order valence-corrected chi connectivity index (χ4v) is 6.99. The first-order valence-corrected chi connectivity index (χ1v) is 15.0. The summed E-state index contributed by atoms with van der Waals surface area (Å²) < 4.78 is 50.0. The number of primary sulfonamides is 1. The number of aromatic nitrogens is 3. The van der Waals surface area contributed by atoms with Gasteiger partial charge in [-0.15, -0.1) is 0 Å². The van der Waals surface area contributed by atoms with Gasteiger partial charge in [-0.3, -0.25) is 4.79 Å². The zero-order valence-corrected chi connectivity index (χ0v) is 22.1. The van der Waals surface area contributed by atoms with Crippen LogP contribution in [0, 0.1) is 0 Å². The SMILES string of the molecule is NS(=O)(=O)c1nn2c(-c3ccc(Cl)cc3)c(-c3ccccc3Cl)cnc2c1C(=O)N[C@H]1CCS(=O)(=O)C1. The van der Waals surface area contributed by atoms with Crippen molar-refractivity contribution in [1.29, 1.82) is 0 Å². The molecule has 1 amide bonds. The molecule has 192 valence electrons. The van der Waals surface area contributed by atoms with E-state index in [0.29, 0.717) is 32.4 Å². The van der Waals surface area contributed by atoms with E-state index in [0.717, 1.165) is 0 Å². The second-order valence-electron chi connectivity index (χ2n) is 8.54. The van der Waals surface area contributed by atoms with Crippen LogP contribution in [0.5, 0.6) is 0 Å². The number of fused-ring (bicyclic) bond motifs is 1. The number of halogens is 2. The van der Waals surface area contributed by atoms with Crippen LogP contribution >= 0.6 is 23.2 Å². The monoisotopic (exact) mass is 579 g/mol. The molecule has 3 N–H and O–H groups in total. The fourth-order valence-electron chi connectivity index (χ4n) is 4.29. The summed E-state index contributed by atoms with van der Waals surface area (Å²) in [6.45, 7) is 0. The van der Waals surface area contributed by atoms with Gasteiger partial charge in [-0.25, -0.2) is 31.5 Å². The van der Waals surface area contributed by atoms with Gasteiger partial charge in [-0.05, 0) is 24.6 Å². The molecule has 10 nitrogen and oxygen atoms in total. The summed E-state index contributed by atoms with van der Waals surface area (Å²) >= 11 is 12.5. The van der Waals surface area contributed by atoms with Crippen molar-refractivity contribution in [2.75, 3.05) is 11.5 Å². The lowest BCUT2D eigenvalue weighted by atomic mass is 10.0. The molecule has 1 saturated heterocycles. The average Bonchev–Trinajstić information content (AvgIpc) is 3.39. The Morgan fingerprint density at radius 1 is 1.08 bits per heavy atom. The molecular weight excluding hydrogens is 561 g/mol. The molecule has 1 aliphatic rings. The van der Waals surface area contributed by atoms with E-state index in [1.54, 1.807) is 48.5 Å². The average molecular weight is 580 g/mol. The molecule has 0 radical (unpaired) electrons. The number of sulfone groups is 1. The van der Waals surface area contributed by atoms with E-state index in [1.165, 1.54) is 10.7 Å². The number of hydrogen-bond acceptors (Lipinski definition) is 7. The van der Waals surface area contributed by atoms with E-state index >= 15 is 0 Å². The summed E-state index contributed by atoms with van der Waals surface area (Å²) in [5, 5.41) is 12.5. The number of carbonyl (C=O) groups is 1. The second kappa shape index (κ2) is 9.37. The quantitative estimate of drug-likeness (QED) is 0.368. The summed E-state index contributed by atoms with van der Waals surface area (Å²) in [5.41, 5.74) is 1.62. The van der Waals surface area contributed by atoms with Crippen molar-refractivity contribution in [3.8, 4) is 22.4 Å². The van der Waals surface area contributed by atoms with E-state index < -0.39 is 36.8 Å². The molecule has 0 saturated carbocycles. The Kier molecular flexibility index (Phi) is 6.49. The van der Waals surface area contributed by atoms with Gasteiger partial charge < -0.3 is 5.32 Å². The van der Waals surface area contributed by atoms with Crippen LogP contribution in [0.4, 0.5) is 0 Å². The van der Waals surface area contributed by atoms with Crippen LogP contribution in [0.3, 0.4) is 0 Å². The number of nitrogens with zero attached hydrogens (tertiary/aromatic N) is 3. The van der Waals surface area contributed by atoms with Gasteiger partial charge in [0.25, 0.3) is 15.9 Å². The number of benzene rings is 2. The molecule has 2 aromatic heterocycles. The third kappa shape index (κ3) is 4.94. The molecule has 0 aliphatic carbocycles. The largest absolute Gasteiger partial charge is 0.348 e. The van der Waals surface area contributed by atoms with Crippen molar-refractivity contribution < 1.29 is 21.6 Å².